The number of benzene rings is 2. The third-order valence-corrected chi connectivity index (χ3v) is 4.36. The van der Waals surface area contributed by atoms with Crippen molar-refractivity contribution in [3.8, 4) is 0 Å². The van der Waals surface area contributed by atoms with Crippen molar-refractivity contribution < 1.29 is 8.78 Å². The maximum absolute atomic E-state index is 13.8. The molecule has 3 rings (SSSR count). The molecular formula is C15H14F2N2S. The summed E-state index contributed by atoms with van der Waals surface area (Å²) in [6.07, 6.45) is 0. The fourth-order valence-electron chi connectivity index (χ4n) is 2.31. The van der Waals surface area contributed by atoms with E-state index in [2.05, 4.69) is 4.90 Å². The second-order valence-electron chi connectivity index (χ2n) is 4.73. The number of nitrogens with zero attached hydrogens (tertiary/aromatic N) is 1. The number of halogens is 2. The Morgan fingerprint density at radius 3 is 2.80 bits per heavy atom. The van der Waals surface area contributed by atoms with Crippen molar-refractivity contribution in [3.05, 3.63) is 53.6 Å². The number of anilines is 2. The maximum atomic E-state index is 13.8. The average molecular weight is 292 g/mol. The van der Waals surface area contributed by atoms with E-state index >= 15 is 0 Å². The van der Waals surface area contributed by atoms with Gasteiger partial charge in [-0.3, -0.25) is 0 Å². The number of hydrogen-bond acceptors (Lipinski definition) is 3. The third kappa shape index (κ3) is 2.58. The predicted molar refractivity (Wildman–Crippen MR) is 79.0 cm³/mol. The van der Waals surface area contributed by atoms with Crippen LogP contribution < -0.4 is 10.6 Å². The van der Waals surface area contributed by atoms with Gasteiger partial charge < -0.3 is 10.6 Å². The van der Waals surface area contributed by atoms with Crippen LogP contribution in [0.1, 0.15) is 5.56 Å². The van der Waals surface area contributed by atoms with Gasteiger partial charge in [-0.2, -0.15) is 0 Å². The molecule has 0 spiro atoms. The highest BCUT2D eigenvalue weighted by molar-refractivity contribution is 7.99. The van der Waals surface area contributed by atoms with Gasteiger partial charge in [0.15, 0.2) is 0 Å². The molecule has 0 aliphatic carbocycles. The molecule has 1 aliphatic heterocycles. The first kappa shape index (κ1) is 13.2. The summed E-state index contributed by atoms with van der Waals surface area (Å²) in [5.41, 5.74) is 8.03. The van der Waals surface area contributed by atoms with Crippen LogP contribution in [0, 0.1) is 11.6 Å². The standard InChI is InChI=1S/C15H14F2N2S/c16-11-2-1-10(13(17)7-11)9-19-5-6-20-15-4-3-12(18)8-14(15)19/h1-4,7-8H,5-6,9,18H2. The number of nitrogens with two attached hydrogens (primary N) is 1. The molecule has 0 unspecified atom stereocenters. The van der Waals surface area contributed by atoms with Crippen molar-refractivity contribution in [2.24, 2.45) is 0 Å². The molecule has 5 heteroatoms. The molecule has 1 aliphatic rings. The molecule has 0 bridgehead atoms. The van der Waals surface area contributed by atoms with Gasteiger partial charge in [-0.15, -0.1) is 11.8 Å². The summed E-state index contributed by atoms with van der Waals surface area (Å²) in [6.45, 7) is 1.24. The van der Waals surface area contributed by atoms with Gasteiger partial charge in [0, 0.05) is 41.1 Å². The highest BCUT2D eigenvalue weighted by atomic mass is 32.2. The van der Waals surface area contributed by atoms with Crippen molar-refractivity contribution in [1.82, 2.24) is 0 Å². The van der Waals surface area contributed by atoms with Crippen molar-refractivity contribution >= 4 is 23.1 Å². The van der Waals surface area contributed by atoms with Crippen LogP contribution >= 0.6 is 11.8 Å². The van der Waals surface area contributed by atoms with Crippen LogP contribution in [-0.2, 0) is 6.54 Å². The fourth-order valence-corrected chi connectivity index (χ4v) is 3.34. The van der Waals surface area contributed by atoms with Gasteiger partial charge in [-0.05, 0) is 24.3 Å². The zero-order valence-electron chi connectivity index (χ0n) is 10.8. The summed E-state index contributed by atoms with van der Waals surface area (Å²) >= 11 is 1.77. The summed E-state index contributed by atoms with van der Waals surface area (Å²) < 4.78 is 26.7. The molecule has 2 nitrogen and oxygen atoms in total. The number of hydrogen-bond donors (Lipinski definition) is 1. The van der Waals surface area contributed by atoms with Gasteiger partial charge in [0.25, 0.3) is 0 Å². The normalized spacial score (nSPS) is 14.2. The molecule has 0 radical (unpaired) electrons. The molecule has 2 aromatic rings. The Labute approximate surface area is 120 Å². The summed E-state index contributed by atoms with van der Waals surface area (Å²) in [5.74, 6) is -0.113. The van der Waals surface area contributed by atoms with Crippen LogP contribution in [0.3, 0.4) is 0 Å². The lowest BCUT2D eigenvalue weighted by Crippen LogP contribution is -2.29. The van der Waals surface area contributed by atoms with E-state index in [1.807, 2.05) is 18.2 Å². The Hall–Kier alpha value is -1.75. The van der Waals surface area contributed by atoms with Crippen molar-refractivity contribution in [1.29, 1.82) is 0 Å². The van der Waals surface area contributed by atoms with Gasteiger partial charge in [0.2, 0.25) is 0 Å². The minimum atomic E-state index is -0.551. The molecule has 0 amide bonds. The molecule has 2 N–H and O–H groups in total. The van der Waals surface area contributed by atoms with Crippen LogP contribution in [0.15, 0.2) is 41.3 Å². The van der Waals surface area contributed by atoms with E-state index < -0.39 is 11.6 Å². The quantitative estimate of drug-likeness (QED) is 0.857. The number of thioether (sulfide) groups is 1. The lowest BCUT2D eigenvalue weighted by atomic mass is 10.1. The molecule has 2 aromatic carbocycles. The average Bonchev–Trinajstić information content (AvgIpc) is 2.42. The Kier molecular flexibility index (Phi) is 3.53. The van der Waals surface area contributed by atoms with E-state index in [1.165, 1.54) is 12.1 Å². The van der Waals surface area contributed by atoms with Gasteiger partial charge >= 0.3 is 0 Å². The highest BCUT2D eigenvalue weighted by Gasteiger charge is 2.19. The fraction of sp³-hybridized carbons (Fsp3) is 0.200. The first-order valence-corrected chi connectivity index (χ1v) is 7.33. The van der Waals surface area contributed by atoms with Gasteiger partial charge in [0.1, 0.15) is 11.6 Å². The lowest BCUT2D eigenvalue weighted by molar-refractivity contribution is 0.569. The summed E-state index contributed by atoms with van der Waals surface area (Å²) in [5, 5.41) is 0. The topological polar surface area (TPSA) is 29.3 Å². The predicted octanol–water partition coefficient (Wildman–Crippen LogP) is 3.66. The minimum absolute atomic E-state index is 0.420. The SMILES string of the molecule is Nc1ccc2c(c1)N(Cc1ccc(F)cc1F)CCS2. The third-order valence-electron chi connectivity index (χ3n) is 3.32. The lowest BCUT2D eigenvalue weighted by Gasteiger charge is -2.31. The second kappa shape index (κ2) is 5.32. The Morgan fingerprint density at radius 2 is 2.00 bits per heavy atom. The van der Waals surface area contributed by atoms with Crippen molar-refractivity contribution in [2.75, 3.05) is 22.9 Å². The van der Waals surface area contributed by atoms with Gasteiger partial charge in [0.05, 0.1) is 5.69 Å². The molecule has 1 heterocycles. The zero-order chi connectivity index (χ0) is 14.1. The first-order chi connectivity index (χ1) is 9.63. The molecule has 20 heavy (non-hydrogen) atoms. The van der Waals surface area contributed by atoms with Crippen molar-refractivity contribution in [3.63, 3.8) is 0 Å². The highest BCUT2D eigenvalue weighted by Crippen LogP contribution is 2.36. The largest absolute Gasteiger partial charge is 0.399 e. The zero-order valence-corrected chi connectivity index (χ0v) is 11.6. The van der Waals surface area contributed by atoms with Crippen LogP contribution in [-0.4, -0.2) is 12.3 Å². The Bertz CT molecular complexity index is 646. The van der Waals surface area contributed by atoms with Gasteiger partial charge in [-0.25, -0.2) is 8.78 Å². The second-order valence-corrected chi connectivity index (χ2v) is 5.87. The van der Waals surface area contributed by atoms with E-state index in [0.29, 0.717) is 17.8 Å². The Morgan fingerprint density at radius 1 is 1.15 bits per heavy atom. The van der Waals surface area contributed by atoms with Crippen molar-refractivity contribution in [2.45, 2.75) is 11.4 Å². The van der Waals surface area contributed by atoms with Crippen LogP contribution in [0.2, 0.25) is 0 Å². The first-order valence-electron chi connectivity index (χ1n) is 6.35. The number of nitrogen functional groups attached to an aromatic ring is 1. The smallest absolute Gasteiger partial charge is 0.131 e. The summed E-state index contributed by atoms with van der Waals surface area (Å²) in [6, 6.07) is 9.48. The van der Waals surface area contributed by atoms with E-state index in [4.69, 9.17) is 5.73 Å². The molecule has 104 valence electrons. The molecule has 0 atom stereocenters. The summed E-state index contributed by atoms with van der Waals surface area (Å²) in [4.78, 5) is 3.23. The number of rotatable bonds is 2. The molecular weight excluding hydrogens is 278 g/mol. The van der Waals surface area contributed by atoms with E-state index in [1.54, 1.807) is 11.8 Å². The van der Waals surface area contributed by atoms with E-state index in [-0.39, 0.29) is 0 Å². The van der Waals surface area contributed by atoms with Crippen LogP contribution in [0.25, 0.3) is 0 Å². The van der Waals surface area contributed by atoms with Gasteiger partial charge in [-0.1, -0.05) is 6.07 Å². The molecule has 0 saturated heterocycles. The Balaban J connectivity index is 1.91. The van der Waals surface area contributed by atoms with Crippen LogP contribution in [0.4, 0.5) is 20.2 Å². The van der Waals surface area contributed by atoms with Crippen LogP contribution in [0.5, 0.6) is 0 Å². The molecule has 0 saturated carbocycles. The monoisotopic (exact) mass is 292 g/mol. The number of fused-ring (bicyclic) bond motifs is 1. The van der Waals surface area contributed by atoms with E-state index in [0.717, 1.165) is 28.9 Å². The minimum Gasteiger partial charge on any atom is -0.399 e. The summed E-state index contributed by atoms with van der Waals surface area (Å²) in [7, 11) is 0. The molecule has 0 fully saturated rings. The maximum Gasteiger partial charge on any atom is 0.131 e. The van der Waals surface area contributed by atoms with E-state index in [9.17, 15) is 8.78 Å². The molecule has 0 aromatic heterocycles.